The average molecular weight is 635 g/mol. The van der Waals surface area contributed by atoms with Gasteiger partial charge in [0.1, 0.15) is 5.52 Å². The van der Waals surface area contributed by atoms with Gasteiger partial charge in [-0.25, -0.2) is 9.97 Å². The zero-order chi connectivity index (χ0) is 33.0. The Balaban J connectivity index is 1.30. The Morgan fingerprint density at radius 3 is 1.93 bits per heavy atom. The van der Waals surface area contributed by atoms with Crippen LogP contribution in [-0.2, 0) is 11.3 Å². The van der Waals surface area contributed by atoms with E-state index < -0.39 is 0 Å². The van der Waals surface area contributed by atoms with Gasteiger partial charge in [-0.05, 0) is 76.9 Å². The number of hydrogen-bond acceptors (Lipinski definition) is 5. The molecule has 258 valence electrons. The van der Waals surface area contributed by atoms with Crippen LogP contribution in [0.5, 0.6) is 0 Å². The number of pyridine rings is 1. The number of fused-ring (bicyclic) bond motifs is 3. The van der Waals surface area contributed by atoms with Crippen molar-refractivity contribution in [3.8, 4) is 0 Å². The fourth-order valence-corrected chi connectivity index (χ4v) is 6.59. The second kappa shape index (κ2) is 22.1. The second-order valence-electron chi connectivity index (χ2n) is 13.7. The minimum Gasteiger partial charge on any atom is -0.330 e. The number of imidazole rings is 1. The Morgan fingerprint density at radius 2 is 1.33 bits per heavy atom. The predicted molar refractivity (Wildman–Crippen MR) is 198 cm³/mol. The number of nitrogens with one attached hydrogen (secondary N) is 1. The molecule has 46 heavy (non-hydrogen) atoms. The first-order valence-corrected chi connectivity index (χ1v) is 18.9. The molecule has 0 aliphatic heterocycles. The monoisotopic (exact) mass is 635 g/mol. The number of nitrogens with zero attached hydrogens (tertiary/aromatic N) is 5. The molecule has 7 nitrogen and oxygen atoms in total. The maximum Gasteiger partial charge on any atom is 0.225 e. The van der Waals surface area contributed by atoms with Gasteiger partial charge in [0.15, 0.2) is 5.82 Å². The molecule has 3 rings (SSSR count). The van der Waals surface area contributed by atoms with Crippen LogP contribution in [0.2, 0.25) is 0 Å². The molecule has 1 amide bonds. The molecule has 0 atom stereocenters. The standard InChI is InChI=1S/C39H66N6O/c1-6-9-10-11-12-13-14-15-16-21-27-43(7-2)29-23-30-44(8-3)28-22-17-18-26-36(46)42-39-37-38(45(32-40-37)31-33(4)5)34-24-19-20-25-35(34)41-39/h19-20,24-25,32-33H,6-18,21-23,26-31H2,1-5H3,(H,41,42,46). The van der Waals surface area contributed by atoms with Crippen LogP contribution in [0, 0.1) is 5.92 Å². The van der Waals surface area contributed by atoms with E-state index in [1.807, 2.05) is 24.5 Å². The lowest BCUT2D eigenvalue weighted by atomic mass is 10.1. The summed E-state index contributed by atoms with van der Waals surface area (Å²) in [6.07, 6.45) is 20.8. The minimum absolute atomic E-state index is 0.0249. The third kappa shape index (κ3) is 13.3. The van der Waals surface area contributed by atoms with Crippen LogP contribution in [0.15, 0.2) is 30.6 Å². The smallest absolute Gasteiger partial charge is 0.225 e. The number of amides is 1. The van der Waals surface area contributed by atoms with Crippen LogP contribution < -0.4 is 5.32 Å². The molecule has 7 heteroatoms. The number of carbonyl (C=O) groups excluding carboxylic acids is 1. The molecule has 0 bridgehead atoms. The number of para-hydroxylation sites is 1. The summed E-state index contributed by atoms with van der Waals surface area (Å²) < 4.78 is 2.19. The molecule has 0 unspecified atom stereocenters. The zero-order valence-electron chi connectivity index (χ0n) is 30.2. The predicted octanol–water partition coefficient (Wildman–Crippen LogP) is 9.69. The van der Waals surface area contributed by atoms with E-state index in [2.05, 4.69) is 65.4 Å². The van der Waals surface area contributed by atoms with Gasteiger partial charge >= 0.3 is 0 Å². The maximum atomic E-state index is 12.9. The van der Waals surface area contributed by atoms with Crippen molar-refractivity contribution in [3.63, 3.8) is 0 Å². The van der Waals surface area contributed by atoms with Gasteiger partial charge in [-0.2, -0.15) is 0 Å². The Labute approximate surface area is 280 Å². The third-order valence-electron chi connectivity index (χ3n) is 9.32. The fraction of sp³-hybridized carbons (Fsp3) is 0.718. The SMILES string of the molecule is CCCCCCCCCCCCN(CC)CCCN(CC)CCCCCC(=O)Nc1nc2ccccc2c2c1ncn2CC(C)C. The first-order chi connectivity index (χ1) is 22.5. The Bertz CT molecular complexity index is 1250. The third-order valence-corrected chi connectivity index (χ3v) is 9.32. The molecule has 1 aromatic carbocycles. The minimum atomic E-state index is 0.0249. The highest BCUT2D eigenvalue weighted by Gasteiger charge is 2.16. The van der Waals surface area contributed by atoms with Crippen molar-refractivity contribution in [3.05, 3.63) is 30.6 Å². The number of aromatic nitrogens is 3. The van der Waals surface area contributed by atoms with E-state index in [-0.39, 0.29) is 5.91 Å². The van der Waals surface area contributed by atoms with Crippen LogP contribution >= 0.6 is 0 Å². The van der Waals surface area contributed by atoms with Crippen LogP contribution in [0.1, 0.15) is 131 Å². The molecule has 0 aliphatic carbocycles. The van der Waals surface area contributed by atoms with Crippen molar-refractivity contribution in [1.82, 2.24) is 24.3 Å². The molecule has 1 N–H and O–H groups in total. The fourth-order valence-electron chi connectivity index (χ4n) is 6.59. The summed E-state index contributed by atoms with van der Waals surface area (Å²) in [6, 6.07) is 8.13. The van der Waals surface area contributed by atoms with Crippen molar-refractivity contribution in [1.29, 1.82) is 0 Å². The quantitative estimate of drug-likeness (QED) is 0.0891. The topological polar surface area (TPSA) is 66.3 Å². The Kier molecular flexibility index (Phi) is 18.3. The van der Waals surface area contributed by atoms with Gasteiger partial charge in [0.25, 0.3) is 0 Å². The molecule has 3 aromatic rings. The van der Waals surface area contributed by atoms with Crippen LogP contribution in [0.3, 0.4) is 0 Å². The molecule has 2 heterocycles. The molecule has 0 saturated carbocycles. The Morgan fingerprint density at radius 1 is 0.761 bits per heavy atom. The van der Waals surface area contributed by atoms with E-state index in [4.69, 9.17) is 4.98 Å². The maximum absolute atomic E-state index is 12.9. The molecular formula is C39H66N6O. The van der Waals surface area contributed by atoms with E-state index in [1.165, 1.54) is 90.3 Å². The van der Waals surface area contributed by atoms with Crippen LogP contribution in [-0.4, -0.2) is 69.5 Å². The molecular weight excluding hydrogens is 568 g/mol. The molecule has 0 radical (unpaired) electrons. The highest BCUT2D eigenvalue weighted by Crippen LogP contribution is 2.29. The van der Waals surface area contributed by atoms with Crippen molar-refractivity contribution < 1.29 is 4.79 Å². The number of rotatable bonds is 26. The van der Waals surface area contributed by atoms with Gasteiger partial charge in [-0.3, -0.25) is 4.79 Å². The molecule has 2 aromatic heterocycles. The van der Waals surface area contributed by atoms with E-state index in [1.54, 1.807) is 0 Å². The van der Waals surface area contributed by atoms with Gasteiger partial charge in [0.2, 0.25) is 5.91 Å². The van der Waals surface area contributed by atoms with Crippen molar-refractivity contribution >= 4 is 33.7 Å². The molecule has 0 spiro atoms. The largest absolute Gasteiger partial charge is 0.330 e. The van der Waals surface area contributed by atoms with E-state index in [9.17, 15) is 4.79 Å². The van der Waals surface area contributed by atoms with E-state index >= 15 is 0 Å². The lowest BCUT2D eigenvalue weighted by molar-refractivity contribution is -0.116. The van der Waals surface area contributed by atoms with Gasteiger partial charge in [-0.15, -0.1) is 0 Å². The van der Waals surface area contributed by atoms with Crippen LogP contribution in [0.4, 0.5) is 5.82 Å². The summed E-state index contributed by atoms with van der Waals surface area (Å²) in [7, 11) is 0. The summed E-state index contributed by atoms with van der Waals surface area (Å²) in [4.78, 5) is 27.6. The van der Waals surface area contributed by atoms with E-state index in [0.717, 1.165) is 67.4 Å². The van der Waals surface area contributed by atoms with E-state index in [0.29, 0.717) is 18.2 Å². The highest BCUT2D eigenvalue weighted by atomic mass is 16.1. The number of hydrogen-bond donors (Lipinski definition) is 1. The first-order valence-electron chi connectivity index (χ1n) is 18.9. The van der Waals surface area contributed by atoms with Gasteiger partial charge in [0.05, 0.1) is 17.4 Å². The van der Waals surface area contributed by atoms with Gasteiger partial charge in [0, 0.05) is 18.4 Å². The molecule has 0 saturated heterocycles. The number of benzene rings is 1. The highest BCUT2D eigenvalue weighted by molar-refractivity contribution is 6.09. The second-order valence-corrected chi connectivity index (χ2v) is 13.7. The van der Waals surface area contributed by atoms with Crippen LogP contribution in [0.25, 0.3) is 21.9 Å². The average Bonchev–Trinajstić information content (AvgIpc) is 3.47. The summed E-state index contributed by atoms with van der Waals surface area (Å²) in [6.45, 7) is 19.2. The Hall–Kier alpha value is -2.51. The summed E-state index contributed by atoms with van der Waals surface area (Å²) in [5.41, 5.74) is 2.71. The van der Waals surface area contributed by atoms with Crippen molar-refractivity contribution in [2.75, 3.05) is 44.6 Å². The van der Waals surface area contributed by atoms with Gasteiger partial charge in [-0.1, -0.05) is 117 Å². The summed E-state index contributed by atoms with van der Waals surface area (Å²) in [5.74, 6) is 1.10. The number of unbranched alkanes of at least 4 members (excludes halogenated alkanes) is 11. The summed E-state index contributed by atoms with van der Waals surface area (Å²) in [5, 5.41) is 4.17. The lowest BCUT2D eigenvalue weighted by Gasteiger charge is -2.24. The first kappa shape index (κ1) is 37.9. The van der Waals surface area contributed by atoms with Gasteiger partial charge < -0.3 is 19.7 Å². The van der Waals surface area contributed by atoms with Crippen molar-refractivity contribution in [2.24, 2.45) is 5.92 Å². The lowest BCUT2D eigenvalue weighted by Crippen LogP contribution is -2.31. The molecule has 0 fully saturated rings. The molecule has 0 aliphatic rings. The summed E-state index contributed by atoms with van der Waals surface area (Å²) >= 11 is 0. The zero-order valence-corrected chi connectivity index (χ0v) is 30.2. The number of anilines is 1. The normalized spacial score (nSPS) is 12.0. The van der Waals surface area contributed by atoms with Crippen molar-refractivity contribution in [2.45, 2.75) is 137 Å². The number of carbonyl (C=O) groups is 1.